The molecule has 5 heteroatoms. The van der Waals surface area contributed by atoms with Gasteiger partial charge in [0.25, 0.3) is 5.91 Å². The zero-order valence-corrected chi connectivity index (χ0v) is 17.6. The largest absolute Gasteiger partial charge is 0.490 e. The van der Waals surface area contributed by atoms with Crippen LogP contribution in [0.3, 0.4) is 0 Å². The highest BCUT2D eigenvalue weighted by Crippen LogP contribution is 2.27. The van der Waals surface area contributed by atoms with E-state index >= 15 is 0 Å². The molecule has 2 aliphatic rings. The lowest BCUT2D eigenvalue weighted by Gasteiger charge is -2.24. The number of ketones is 1. The van der Waals surface area contributed by atoms with Gasteiger partial charge in [-0.2, -0.15) is 0 Å². The van der Waals surface area contributed by atoms with Gasteiger partial charge in [0.1, 0.15) is 5.75 Å². The van der Waals surface area contributed by atoms with Crippen molar-refractivity contribution >= 4 is 11.7 Å². The minimum atomic E-state index is -0.531. The van der Waals surface area contributed by atoms with E-state index in [1.807, 2.05) is 31.2 Å². The molecular weight excluding hydrogens is 376 g/mol. The van der Waals surface area contributed by atoms with Crippen LogP contribution in [0.25, 0.3) is 0 Å². The van der Waals surface area contributed by atoms with Gasteiger partial charge in [-0.1, -0.05) is 42.0 Å². The predicted molar refractivity (Wildman–Crippen MR) is 117 cm³/mol. The molecule has 5 nitrogen and oxygen atoms in total. The van der Waals surface area contributed by atoms with Crippen molar-refractivity contribution in [3.05, 3.63) is 65.2 Å². The third kappa shape index (κ3) is 5.70. The molecule has 158 valence electrons. The maximum Gasteiger partial charge on any atom is 0.292 e. The minimum Gasteiger partial charge on any atom is -0.490 e. The Morgan fingerprint density at radius 3 is 2.33 bits per heavy atom. The second-order valence-electron chi connectivity index (χ2n) is 8.54. The number of nitrogens with zero attached hydrogens (tertiary/aromatic N) is 1. The fourth-order valence-electron chi connectivity index (χ4n) is 3.89. The lowest BCUT2D eigenvalue weighted by molar-refractivity contribution is -0.117. The Morgan fingerprint density at radius 1 is 1.03 bits per heavy atom. The van der Waals surface area contributed by atoms with Gasteiger partial charge in [0, 0.05) is 18.2 Å². The fraction of sp³-hybridized carbons (Fsp3) is 0.440. The van der Waals surface area contributed by atoms with E-state index in [9.17, 15) is 9.59 Å². The molecule has 1 aliphatic carbocycles. The average molecular weight is 407 g/mol. The molecule has 1 N–H and O–H groups in total. The summed E-state index contributed by atoms with van der Waals surface area (Å²) in [6.07, 6.45) is 5.73. The second-order valence-corrected chi connectivity index (χ2v) is 8.54. The monoisotopic (exact) mass is 406 g/mol. The summed E-state index contributed by atoms with van der Waals surface area (Å²) in [5, 5.41) is 3.00. The molecule has 1 amide bonds. The van der Waals surface area contributed by atoms with Gasteiger partial charge in [-0.05, 0) is 69.8 Å². The fourth-order valence-corrected chi connectivity index (χ4v) is 3.89. The Morgan fingerprint density at radius 2 is 1.70 bits per heavy atom. The highest BCUT2D eigenvalue weighted by Gasteiger charge is 2.25. The SMILES string of the molecule is Cc1ccc(C(=O)C(=O)NC(Cc2ccc(OC3CC3)cc2)CN2CCCC2)cc1. The first-order chi connectivity index (χ1) is 14.6. The third-order valence-corrected chi connectivity index (χ3v) is 5.77. The molecular formula is C25H30N2O3. The molecule has 0 radical (unpaired) electrons. The van der Waals surface area contributed by atoms with Crippen LogP contribution < -0.4 is 10.1 Å². The Labute approximate surface area is 178 Å². The van der Waals surface area contributed by atoms with E-state index in [0.717, 1.165) is 49.4 Å². The number of nitrogens with one attached hydrogen (secondary N) is 1. The van der Waals surface area contributed by atoms with E-state index < -0.39 is 11.7 Å². The van der Waals surface area contributed by atoms with Crippen molar-refractivity contribution in [2.45, 2.75) is 51.2 Å². The molecule has 1 atom stereocenters. The van der Waals surface area contributed by atoms with Crippen LogP contribution in [0, 0.1) is 6.92 Å². The summed E-state index contributed by atoms with van der Waals surface area (Å²) in [6.45, 7) is 4.81. The number of carbonyl (C=O) groups is 2. The van der Waals surface area contributed by atoms with Crippen LogP contribution in [0.2, 0.25) is 0 Å². The number of Topliss-reactive ketones (excluding diaryl/α,β-unsaturated/α-hetero) is 1. The molecule has 30 heavy (non-hydrogen) atoms. The van der Waals surface area contributed by atoms with Crippen LogP contribution in [0.15, 0.2) is 48.5 Å². The summed E-state index contributed by atoms with van der Waals surface area (Å²) >= 11 is 0. The Hall–Kier alpha value is -2.66. The first-order valence-electron chi connectivity index (χ1n) is 11.0. The molecule has 1 unspecified atom stereocenters. The lowest BCUT2D eigenvalue weighted by atomic mass is 10.0. The number of likely N-dealkylation sites (tertiary alicyclic amines) is 1. The van der Waals surface area contributed by atoms with Gasteiger partial charge in [-0.25, -0.2) is 0 Å². The lowest BCUT2D eigenvalue weighted by Crippen LogP contribution is -2.46. The topological polar surface area (TPSA) is 58.6 Å². The van der Waals surface area contributed by atoms with Gasteiger partial charge in [-0.3, -0.25) is 9.59 Å². The number of aryl methyl sites for hydroxylation is 1. The van der Waals surface area contributed by atoms with Crippen molar-refractivity contribution < 1.29 is 14.3 Å². The van der Waals surface area contributed by atoms with Gasteiger partial charge >= 0.3 is 0 Å². The zero-order chi connectivity index (χ0) is 20.9. The number of benzene rings is 2. The van der Waals surface area contributed by atoms with Crippen molar-refractivity contribution in [3.63, 3.8) is 0 Å². The first kappa shape index (κ1) is 20.6. The molecule has 0 bridgehead atoms. The van der Waals surface area contributed by atoms with Crippen LogP contribution in [-0.2, 0) is 11.2 Å². The summed E-state index contributed by atoms with van der Waals surface area (Å²) in [4.78, 5) is 27.6. The van der Waals surface area contributed by atoms with Gasteiger partial charge in [0.05, 0.1) is 6.10 Å². The molecule has 1 saturated heterocycles. The average Bonchev–Trinajstić information content (AvgIpc) is 3.41. The van der Waals surface area contributed by atoms with Gasteiger partial charge in [-0.15, -0.1) is 0 Å². The normalized spacial score (nSPS) is 17.5. The van der Waals surface area contributed by atoms with Crippen molar-refractivity contribution in [2.24, 2.45) is 0 Å². The van der Waals surface area contributed by atoms with E-state index in [1.165, 1.54) is 12.8 Å². The van der Waals surface area contributed by atoms with Gasteiger partial charge in [0.15, 0.2) is 0 Å². The highest BCUT2D eigenvalue weighted by atomic mass is 16.5. The quantitative estimate of drug-likeness (QED) is 0.511. The van der Waals surface area contributed by atoms with E-state index in [1.54, 1.807) is 12.1 Å². The molecule has 1 aliphatic heterocycles. The van der Waals surface area contributed by atoms with E-state index in [-0.39, 0.29) is 6.04 Å². The molecule has 4 rings (SSSR count). The van der Waals surface area contributed by atoms with Crippen molar-refractivity contribution in [3.8, 4) is 5.75 Å². The molecule has 2 aromatic rings. The summed E-state index contributed by atoms with van der Waals surface area (Å²) in [5.74, 6) is -0.109. The molecule has 2 aromatic carbocycles. The van der Waals surface area contributed by atoms with E-state index in [0.29, 0.717) is 18.1 Å². The summed E-state index contributed by atoms with van der Waals surface area (Å²) in [5.41, 5.74) is 2.62. The highest BCUT2D eigenvalue weighted by molar-refractivity contribution is 6.42. The Balaban J connectivity index is 1.41. The van der Waals surface area contributed by atoms with Crippen molar-refractivity contribution in [2.75, 3.05) is 19.6 Å². The maximum absolute atomic E-state index is 12.7. The van der Waals surface area contributed by atoms with E-state index in [2.05, 4.69) is 22.3 Å². The first-order valence-corrected chi connectivity index (χ1v) is 11.0. The molecule has 2 fully saturated rings. The maximum atomic E-state index is 12.7. The van der Waals surface area contributed by atoms with E-state index in [4.69, 9.17) is 4.74 Å². The number of hydrogen-bond donors (Lipinski definition) is 1. The summed E-state index contributed by atoms with van der Waals surface area (Å²) < 4.78 is 5.82. The minimum absolute atomic E-state index is 0.111. The van der Waals surface area contributed by atoms with Crippen LogP contribution in [0.4, 0.5) is 0 Å². The summed E-state index contributed by atoms with van der Waals surface area (Å²) in [6, 6.07) is 15.1. The van der Waals surface area contributed by atoms with Crippen LogP contribution in [-0.4, -0.2) is 48.4 Å². The third-order valence-electron chi connectivity index (χ3n) is 5.77. The second kappa shape index (κ2) is 9.43. The van der Waals surface area contributed by atoms with Gasteiger partial charge in [0.2, 0.25) is 5.78 Å². The van der Waals surface area contributed by atoms with Crippen LogP contribution in [0.5, 0.6) is 5.75 Å². The smallest absolute Gasteiger partial charge is 0.292 e. The van der Waals surface area contributed by atoms with Crippen LogP contribution in [0.1, 0.15) is 47.2 Å². The zero-order valence-electron chi connectivity index (χ0n) is 17.6. The van der Waals surface area contributed by atoms with Crippen molar-refractivity contribution in [1.82, 2.24) is 10.2 Å². The number of rotatable bonds is 9. The van der Waals surface area contributed by atoms with Crippen LogP contribution >= 0.6 is 0 Å². The predicted octanol–water partition coefficient (Wildman–Crippen LogP) is 3.54. The standard InChI is InChI=1S/C25H30N2O3/c1-18-4-8-20(9-5-18)24(28)25(29)26-21(17-27-14-2-3-15-27)16-19-6-10-22(11-7-19)30-23-12-13-23/h4-11,21,23H,2-3,12-17H2,1H3,(H,26,29). The van der Waals surface area contributed by atoms with Crippen molar-refractivity contribution in [1.29, 1.82) is 0 Å². The molecule has 1 saturated carbocycles. The molecule has 1 heterocycles. The number of carbonyl (C=O) groups excluding carboxylic acids is 2. The number of ether oxygens (including phenoxy) is 1. The van der Waals surface area contributed by atoms with Gasteiger partial charge < -0.3 is 15.0 Å². The Kier molecular flexibility index (Phi) is 6.48. The molecule has 0 aromatic heterocycles. The summed E-state index contributed by atoms with van der Waals surface area (Å²) in [7, 11) is 0. The number of hydrogen-bond acceptors (Lipinski definition) is 4. The Bertz CT molecular complexity index is 866. The molecule has 0 spiro atoms. The number of amides is 1.